The highest BCUT2D eigenvalue weighted by molar-refractivity contribution is 5.86. The van der Waals surface area contributed by atoms with Crippen molar-refractivity contribution in [3.8, 4) is 0 Å². The van der Waals surface area contributed by atoms with E-state index in [2.05, 4.69) is 23.6 Å². The summed E-state index contributed by atoms with van der Waals surface area (Å²) in [7, 11) is 1.32. The van der Waals surface area contributed by atoms with Crippen LogP contribution in [0.2, 0.25) is 0 Å². The van der Waals surface area contributed by atoms with E-state index in [1.807, 2.05) is 0 Å². The van der Waals surface area contributed by atoms with E-state index in [0.717, 1.165) is 6.42 Å². The van der Waals surface area contributed by atoms with Crippen molar-refractivity contribution in [3.63, 3.8) is 0 Å². The molecule has 0 spiro atoms. The molecule has 0 atom stereocenters. The van der Waals surface area contributed by atoms with Gasteiger partial charge in [0.2, 0.25) is 0 Å². The minimum atomic E-state index is -0.459. The van der Waals surface area contributed by atoms with Crippen molar-refractivity contribution in [2.45, 2.75) is 20.3 Å². The van der Waals surface area contributed by atoms with Crippen molar-refractivity contribution in [2.24, 2.45) is 5.92 Å². The lowest BCUT2D eigenvalue weighted by atomic mass is 10.1. The summed E-state index contributed by atoms with van der Waals surface area (Å²) in [5.74, 6) is 0.582. The highest BCUT2D eigenvalue weighted by atomic mass is 16.5. The molecule has 0 bridgehead atoms. The third kappa shape index (κ3) is 2.57. The number of hydrogen-bond donors (Lipinski definition) is 0. The maximum Gasteiger partial charge on any atom is 0.360 e. The molecule has 0 saturated heterocycles. The predicted molar refractivity (Wildman–Crippen MR) is 46.4 cm³/mol. The topological polar surface area (TPSA) is 52.3 Å². The Balaban J connectivity index is 2.69. The van der Waals surface area contributed by atoms with Crippen molar-refractivity contribution < 1.29 is 13.9 Å². The molecule has 0 amide bonds. The maximum atomic E-state index is 11.0. The van der Waals surface area contributed by atoms with Gasteiger partial charge in [0, 0.05) is 6.42 Å². The highest BCUT2D eigenvalue weighted by Gasteiger charge is 2.12. The summed E-state index contributed by atoms with van der Waals surface area (Å²) in [6.07, 6.45) is 2.06. The summed E-state index contributed by atoms with van der Waals surface area (Å²) in [5.41, 5.74) is 0.234. The van der Waals surface area contributed by atoms with Crippen LogP contribution in [0, 0.1) is 5.92 Å². The van der Waals surface area contributed by atoms with Crippen LogP contribution in [-0.4, -0.2) is 18.1 Å². The average Bonchev–Trinajstić information content (AvgIpc) is 2.50. The van der Waals surface area contributed by atoms with E-state index in [1.165, 1.54) is 13.4 Å². The summed E-state index contributed by atoms with van der Waals surface area (Å²) in [4.78, 5) is 14.9. The Morgan fingerprint density at radius 2 is 2.38 bits per heavy atom. The molecule has 0 N–H and O–H groups in total. The van der Waals surface area contributed by atoms with Gasteiger partial charge in [-0.05, 0) is 5.92 Å². The number of oxazole rings is 1. The van der Waals surface area contributed by atoms with Gasteiger partial charge in [-0.1, -0.05) is 13.8 Å². The van der Waals surface area contributed by atoms with Gasteiger partial charge < -0.3 is 9.15 Å². The average molecular weight is 183 g/mol. The molecule has 13 heavy (non-hydrogen) atoms. The third-order valence-electron chi connectivity index (χ3n) is 1.53. The molecular weight excluding hydrogens is 170 g/mol. The smallest absolute Gasteiger partial charge is 0.360 e. The summed E-state index contributed by atoms with van der Waals surface area (Å²) in [5, 5.41) is 0. The van der Waals surface area contributed by atoms with Crippen molar-refractivity contribution in [1.29, 1.82) is 0 Å². The number of carbonyl (C=O) groups is 1. The molecule has 72 valence electrons. The molecule has 0 saturated carbocycles. The molecule has 0 aromatic carbocycles. The molecule has 1 aromatic heterocycles. The van der Waals surface area contributed by atoms with E-state index in [1.54, 1.807) is 0 Å². The number of carbonyl (C=O) groups excluding carboxylic acids is 1. The Kier molecular flexibility index (Phi) is 3.06. The lowest BCUT2D eigenvalue weighted by molar-refractivity contribution is 0.0594. The highest BCUT2D eigenvalue weighted by Crippen LogP contribution is 2.08. The van der Waals surface area contributed by atoms with Crippen LogP contribution in [0.3, 0.4) is 0 Å². The third-order valence-corrected chi connectivity index (χ3v) is 1.53. The van der Waals surface area contributed by atoms with Crippen molar-refractivity contribution in [1.82, 2.24) is 4.98 Å². The van der Waals surface area contributed by atoms with Gasteiger partial charge in [0.05, 0.1) is 7.11 Å². The Morgan fingerprint density at radius 3 is 2.92 bits per heavy atom. The Labute approximate surface area is 76.9 Å². The first-order valence-corrected chi connectivity index (χ1v) is 4.16. The molecule has 1 heterocycles. The number of aromatic nitrogens is 1. The SMILES string of the molecule is COC(=O)c1coc(CC(C)C)n1. The fraction of sp³-hybridized carbons (Fsp3) is 0.556. The van der Waals surface area contributed by atoms with Gasteiger partial charge in [0.15, 0.2) is 11.6 Å². The van der Waals surface area contributed by atoms with Crippen LogP contribution in [0.5, 0.6) is 0 Å². The van der Waals surface area contributed by atoms with E-state index in [4.69, 9.17) is 4.42 Å². The Bertz CT molecular complexity index is 291. The second-order valence-corrected chi connectivity index (χ2v) is 3.22. The number of rotatable bonds is 3. The summed E-state index contributed by atoms with van der Waals surface area (Å²) in [6, 6.07) is 0. The van der Waals surface area contributed by atoms with Crippen molar-refractivity contribution in [2.75, 3.05) is 7.11 Å². The molecule has 0 aliphatic carbocycles. The van der Waals surface area contributed by atoms with Crippen molar-refractivity contribution >= 4 is 5.97 Å². The fourth-order valence-electron chi connectivity index (χ4n) is 0.952. The van der Waals surface area contributed by atoms with Gasteiger partial charge in [0.25, 0.3) is 0 Å². The molecule has 0 radical (unpaired) electrons. The molecule has 0 aliphatic rings. The second kappa shape index (κ2) is 4.07. The van der Waals surface area contributed by atoms with Crippen LogP contribution in [0.1, 0.15) is 30.2 Å². The van der Waals surface area contributed by atoms with Gasteiger partial charge in [-0.3, -0.25) is 0 Å². The standard InChI is InChI=1S/C9H13NO3/c1-6(2)4-8-10-7(5-13-8)9(11)12-3/h5-6H,4H2,1-3H3. The van der Waals surface area contributed by atoms with Crippen LogP contribution in [-0.2, 0) is 11.2 Å². The summed E-state index contributed by atoms with van der Waals surface area (Å²) >= 11 is 0. The zero-order chi connectivity index (χ0) is 9.84. The molecule has 0 fully saturated rings. The van der Waals surface area contributed by atoms with E-state index < -0.39 is 5.97 Å². The first-order chi connectivity index (χ1) is 6.13. The molecule has 4 heteroatoms. The predicted octanol–water partition coefficient (Wildman–Crippen LogP) is 1.66. The molecule has 0 unspecified atom stereocenters. The summed E-state index contributed by atoms with van der Waals surface area (Å²) in [6.45, 7) is 4.12. The van der Waals surface area contributed by atoms with Crippen LogP contribution < -0.4 is 0 Å². The van der Waals surface area contributed by atoms with Crippen LogP contribution >= 0.6 is 0 Å². The second-order valence-electron chi connectivity index (χ2n) is 3.22. The van der Waals surface area contributed by atoms with Crippen LogP contribution in [0.4, 0.5) is 0 Å². The molecule has 1 rings (SSSR count). The Hall–Kier alpha value is -1.32. The normalized spacial score (nSPS) is 10.5. The number of hydrogen-bond acceptors (Lipinski definition) is 4. The minimum Gasteiger partial charge on any atom is -0.464 e. The quantitative estimate of drug-likeness (QED) is 0.669. The van der Waals surface area contributed by atoms with Crippen LogP contribution in [0.25, 0.3) is 0 Å². The van der Waals surface area contributed by atoms with E-state index in [9.17, 15) is 4.79 Å². The van der Waals surface area contributed by atoms with E-state index in [0.29, 0.717) is 11.8 Å². The zero-order valence-corrected chi connectivity index (χ0v) is 8.03. The van der Waals surface area contributed by atoms with Crippen LogP contribution in [0.15, 0.2) is 10.7 Å². The molecule has 0 aliphatic heterocycles. The fourth-order valence-corrected chi connectivity index (χ4v) is 0.952. The summed E-state index contributed by atoms with van der Waals surface area (Å²) < 4.78 is 9.58. The van der Waals surface area contributed by atoms with Gasteiger partial charge >= 0.3 is 5.97 Å². The monoisotopic (exact) mass is 183 g/mol. The molecule has 1 aromatic rings. The van der Waals surface area contributed by atoms with E-state index in [-0.39, 0.29) is 5.69 Å². The van der Waals surface area contributed by atoms with Gasteiger partial charge in [-0.15, -0.1) is 0 Å². The Morgan fingerprint density at radius 1 is 1.69 bits per heavy atom. The lowest BCUT2D eigenvalue weighted by Crippen LogP contribution is -2.02. The van der Waals surface area contributed by atoms with Crippen molar-refractivity contribution in [3.05, 3.63) is 17.8 Å². The van der Waals surface area contributed by atoms with Gasteiger partial charge in [0.1, 0.15) is 6.26 Å². The first-order valence-electron chi connectivity index (χ1n) is 4.16. The number of esters is 1. The number of nitrogens with zero attached hydrogens (tertiary/aromatic N) is 1. The van der Waals surface area contributed by atoms with Gasteiger partial charge in [-0.2, -0.15) is 0 Å². The van der Waals surface area contributed by atoms with Gasteiger partial charge in [-0.25, -0.2) is 9.78 Å². The molecule has 4 nitrogen and oxygen atoms in total. The minimum absolute atomic E-state index is 0.234. The maximum absolute atomic E-state index is 11.0. The number of methoxy groups -OCH3 is 1. The van der Waals surface area contributed by atoms with E-state index >= 15 is 0 Å². The lowest BCUT2D eigenvalue weighted by Gasteiger charge is -1.97. The largest absolute Gasteiger partial charge is 0.464 e. The first kappa shape index (κ1) is 9.77. The molecular formula is C9H13NO3. The zero-order valence-electron chi connectivity index (χ0n) is 8.03. The number of ether oxygens (including phenoxy) is 1.